The van der Waals surface area contributed by atoms with Gasteiger partial charge in [-0.1, -0.05) is 18.2 Å². The van der Waals surface area contributed by atoms with Crippen molar-refractivity contribution in [3.05, 3.63) is 76.7 Å². The number of rotatable bonds is 2. The molecule has 0 saturated heterocycles. The van der Waals surface area contributed by atoms with Crippen molar-refractivity contribution in [3.8, 4) is 0 Å². The number of hydrogen-bond acceptors (Lipinski definition) is 2. The van der Waals surface area contributed by atoms with E-state index in [9.17, 15) is 9.50 Å². The van der Waals surface area contributed by atoms with Gasteiger partial charge in [0, 0.05) is 11.1 Å². The fourth-order valence-electron chi connectivity index (χ4n) is 2.50. The van der Waals surface area contributed by atoms with Gasteiger partial charge in [0.2, 0.25) is 0 Å². The number of aliphatic hydroxyl groups excluding tert-OH is 1. The molecule has 0 spiro atoms. The zero-order chi connectivity index (χ0) is 15.0. The molecule has 106 valence electrons. The predicted molar refractivity (Wildman–Crippen MR) is 81.7 cm³/mol. The fraction of sp³-hybridized carbons (Fsp3) is 0.167. The Kier molecular flexibility index (Phi) is 3.43. The molecule has 0 radical (unpaired) electrons. The highest BCUT2D eigenvalue weighted by Gasteiger charge is 2.14. The normalized spacial score (nSPS) is 12.6. The number of aryl methyl sites for hydroxylation is 2. The highest BCUT2D eigenvalue weighted by atomic mass is 19.1. The van der Waals surface area contributed by atoms with Crippen LogP contribution in [0.4, 0.5) is 4.39 Å². The van der Waals surface area contributed by atoms with Crippen molar-refractivity contribution in [1.82, 2.24) is 4.98 Å². The largest absolute Gasteiger partial charge is 0.384 e. The maximum atomic E-state index is 13.4. The highest BCUT2D eigenvalue weighted by Crippen LogP contribution is 2.27. The molecule has 1 atom stereocenters. The molecule has 0 aliphatic rings. The molecule has 1 heterocycles. The molecule has 0 saturated carbocycles. The Labute approximate surface area is 122 Å². The molecule has 0 amide bonds. The van der Waals surface area contributed by atoms with Gasteiger partial charge in [0.05, 0.1) is 5.52 Å². The molecule has 0 fully saturated rings. The molecular formula is C18H16FNO. The monoisotopic (exact) mass is 281 g/mol. The zero-order valence-electron chi connectivity index (χ0n) is 12.0. The van der Waals surface area contributed by atoms with Crippen LogP contribution in [0.1, 0.15) is 28.5 Å². The first-order chi connectivity index (χ1) is 10.0. The summed E-state index contributed by atoms with van der Waals surface area (Å²) in [5, 5.41) is 11.5. The summed E-state index contributed by atoms with van der Waals surface area (Å²) < 4.78 is 13.4. The molecule has 3 rings (SSSR count). The first-order valence-electron chi connectivity index (χ1n) is 6.86. The number of aromatic nitrogens is 1. The average Bonchev–Trinajstić information content (AvgIpc) is 2.48. The van der Waals surface area contributed by atoms with Crippen LogP contribution < -0.4 is 0 Å². The van der Waals surface area contributed by atoms with Gasteiger partial charge in [-0.05, 0) is 60.9 Å². The molecule has 3 heteroatoms. The Morgan fingerprint density at radius 2 is 1.81 bits per heavy atom. The summed E-state index contributed by atoms with van der Waals surface area (Å²) in [4.78, 5) is 4.44. The number of pyridine rings is 1. The van der Waals surface area contributed by atoms with E-state index in [-0.39, 0.29) is 5.82 Å². The van der Waals surface area contributed by atoms with Crippen LogP contribution in [0.15, 0.2) is 48.5 Å². The second-order valence-corrected chi connectivity index (χ2v) is 5.31. The Morgan fingerprint density at radius 3 is 2.62 bits per heavy atom. The van der Waals surface area contributed by atoms with Gasteiger partial charge in [-0.2, -0.15) is 0 Å². The Bertz CT molecular complexity index is 813. The van der Waals surface area contributed by atoms with E-state index in [0.29, 0.717) is 5.56 Å². The van der Waals surface area contributed by atoms with Crippen molar-refractivity contribution in [2.75, 3.05) is 0 Å². The van der Waals surface area contributed by atoms with Crippen LogP contribution in [0.25, 0.3) is 10.9 Å². The minimum atomic E-state index is -0.841. The van der Waals surface area contributed by atoms with Gasteiger partial charge >= 0.3 is 0 Å². The zero-order valence-corrected chi connectivity index (χ0v) is 12.0. The molecule has 21 heavy (non-hydrogen) atoms. The van der Waals surface area contributed by atoms with Crippen LogP contribution in [0.5, 0.6) is 0 Å². The standard InChI is InChI=1S/C18H16FNO/c1-11-3-7-15(19)10-16(11)18(21)14-6-8-17-13(9-14)5-4-12(2)20-17/h3-10,18,21H,1-2H3. The summed E-state index contributed by atoms with van der Waals surface area (Å²) in [5.74, 6) is -0.340. The molecule has 3 aromatic rings. The lowest BCUT2D eigenvalue weighted by molar-refractivity contribution is 0.219. The van der Waals surface area contributed by atoms with Gasteiger partial charge in [-0.25, -0.2) is 4.39 Å². The van der Waals surface area contributed by atoms with Crippen molar-refractivity contribution >= 4 is 10.9 Å². The van der Waals surface area contributed by atoms with Gasteiger partial charge in [-0.15, -0.1) is 0 Å². The van der Waals surface area contributed by atoms with Crippen LogP contribution in [0, 0.1) is 19.7 Å². The third kappa shape index (κ3) is 2.65. The van der Waals surface area contributed by atoms with Crippen LogP contribution in [0.2, 0.25) is 0 Å². The van der Waals surface area contributed by atoms with Crippen molar-refractivity contribution in [1.29, 1.82) is 0 Å². The number of halogens is 1. The topological polar surface area (TPSA) is 33.1 Å². The summed E-state index contributed by atoms with van der Waals surface area (Å²) in [6.07, 6.45) is -0.841. The second-order valence-electron chi connectivity index (χ2n) is 5.31. The first kappa shape index (κ1) is 13.7. The van der Waals surface area contributed by atoms with Crippen LogP contribution in [0.3, 0.4) is 0 Å². The molecular weight excluding hydrogens is 265 g/mol. The van der Waals surface area contributed by atoms with E-state index in [0.717, 1.165) is 27.7 Å². The minimum Gasteiger partial charge on any atom is -0.384 e. The SMILES string of the molecule is Cc1ccc2cc(C(O)c3cc(F)ccc3C)ccc2n1. The van der Waals surface area contributed by atoms with Gasteiger partial charge in [0.1, 0.15) is 11.9 Å². The predicted octanol–water partition coefficient (Wildman–Crippen LogP) is 4.07. The molecule has 0 aliphatic heterocycles. The number of fused-ring (bicyclic) bond motifs is 1. The lowest BCUT2D eigenvalue weighted by atomic mass is 9.96. The molecule has 1 unspecified atom stereocenters. The van der Waals surface area contributed by atoms with Crippen LogP contribution in [-0.4, -0.2) is 10.1 Å². The quantitative estimate of drug-likeness (QED) is 0.768. The van der Waals surface area contributed by atoms with Crippen molar-refractivity contribution in [3.63, 3.8) is 0 Å². The number of aliphatic hydroxyl groups is 1. The van der Waals surface area contributed by atoms with Crippen LogP contribution in [-0.2, 0) is 0 Å². The Morgan fingerprint density at radius 1 is 1.00 bits per heavy atom. The summed E-state index contributed by atoms with van der Waals surface area (Å²) in [5.41, 5.74) is 4.04. The van der Waals surface area contributed by atoms with E-state index in [1.54, 1.807) is 6.07 Å². The van der Waals surface area contributed by atoms with E-state index >= 15 is 0 Å². The Balaban J connectivity index is 2.07. The molecule has 1 N–H and O–H groups in total. The summed E-state index contributed by atoms with van der Waals surface area (Å²) >= 11 is 0. The van der Waals surface area contributed by atoms with Crippen molar-refractivity contribution < 1.29 is 9.50 Å². The molecule has 0 aliphatic carbocycles. The smallest absolute Gasteiger partial charge is 0.123 e. The third-order valence-electron chi connectivity index (χ3n) is 3.70. The third-order valence-corrected chi connectivity index (χ3v) is 3.70. The van der Waals surface area contributed by atoms with E-state index in [1.165, 1.54) is 12.1 Å². The summed E-state index contributed by atoms with van der Waals surface area (Å²) in [6, 6.07) is 14.0. The van der Waals surface area contributed by atoms with Crippen LogP contribution >= 0.6 is 0 Å². The average molecular weight is 281 g/mol. The number of benzene rings is 2. The number of nitrogens with zero attached hydrogens (tertiary/aromatic N) is 1. The van der Waals surface area contributed by atoms with Crippen molar-refractivity contribution in [2.24, 2.45) is 0 Å². The molecule has 2 aromatic carbocycles. The maximum Gasteiger partial charge on any atom is 0.123 e. The Hall–Kier alpha value is -2.26. The summed E-state index contributed by atoms with van der Waals surface area (Å²) in [6.45, 7) is 3.81. The van der Waals surface area contributed by atoms with Gasteiger partial charge in [0.25, 0.3) is 0 Å². The summed E-state index contributed by atoms with van der Waals surface area (Å²) in [7, 11) is 0. The highest BCUT2D eigenvalue weighted by molar-refractivity contribution is 5.79. The maximum absolute atomic E-state index is 13.4. The number of hydrogen-bond donors (Lipinski definition) is 1. The fourth-order valence-corrected chi connectivity index (χ4v) is 2.50. The van der Waals surface area contributed by atoms with Gasteiger partial charge in [0.15, 0.2) is 0 Å². The second kappa shape index (κ2) is 5.26. The van der Waals surface area contributed by atoms with E-state index in [4.69, 9.17) is 0 Å². The molecule has 1 aromatic heterocycles. The lowest BCUT2D eigenvalue weighted by Gasteiger charge is -2.15. The first-order valence-corrected chi connectivity index (χ1v) is 6.86. The van der Waals surface area contributed by atoms with E-state index in [2.05, 4.69) is 4.98 Å². The van der Waals surface area contributed by atoms with E-state index < -0.39 is 6.10 Å². The minimum absolute atomic E-state index is 0.340. The molecule has 0 bridgehead atoms. The van der Waals surface area contributed by atoms with E-state index in [1.807, 2.05) is 44.2 Å². The molecule has 2 nitrogen and oxygen atoms in total. The van der Waals surface area contributed by atoms with Crippen molar-refractivity contribution in [2.45, 2.75) is 20.0 Å². The van der Waals surface area contributed by atoms with Gasteiger partial charge in [-0.3, -0.25) is 4.98 Å². The lowest BCUT2D eigenvalue weighted by Crippen LogP contribution is -2.03. The van der Waals surface area contributed by atoms with Gasteiger partial charge < -0.3 is 5.11 Å².